The molecule has 2 aromatic rings. The fourth-order valence-corrected chi connectivity index (χ4v) is 6.28. The quantitative estimate of drug-likeness (QED) is 0.446. The number of rotatable bonds is 2. The van der Waals surface area contributed by atoms with E-state index in [1.165, 1.54) is 68.1 Å². The SMILES string of the molecule is [Ti][c]1cc(C2CCCCC2)cc2c1Cc1ccc(C3CCCCC3)cc1-2. The van der Waals surface area contributed by atoms with E-state index in [9.17, 15) is 0 Å². The van der Waals surface area contributed by atoms with Gasteiger partial charge in [-0.15, -0.1) is 0 Å². The topological polar surface area (TPSA) is 0 Å². The van der Waals surface area contributed by atoms with Gasteiger partial charge in [-0.2, -0.15) is 0 Å². The van der Waals surface area contributed by atoms with Gasteiger partial charge >= 0.3 is 170 Å². The van der Waals surface area contributed by atoms with E-state index < -0.39 is 0 Å². The zero-order chi connectivity index (χ0) is 17.5. The molecule has 3 aliphatic carbocycles. The van der Waals surface area contributed by atoms with E-state index >= 15 is 0 Å². The third-order valence-electron chi connectivity index (χ3n) is 7.22. The first-order valence-corrected chi connectivity index (χ1v) is 11.6. The molecule has 0 unspecified atom stereocenters. The first-order valence-electron chi connectivity index (χ1n) is 10.8. The van der Waals surface area contributed by atoms with Crippen LogP contribution in [-0.2, 0) is 26.9 Å². The summed E-state index contributed by atoms with van der Waals surface area (Å²) in [5.74, 6) is 1.61. The van der Waals surface area contributed by atoms with Crippen LogP contribution in [0.4, 0.5) is 0 Å². The summed E-state index contributed by atoms with van der Waals surface area (Å²) in [5, 5.41) is 0. The molecule has 2 fully saturated rings. The van der Waals surface area contributed by atoms with Gasteiger partial charge in [-0.25, -0.2) is 0 Å². The van der Waals surface area contributed by atoms with Crippen LogP contribution in [0.1, 0.15) is 98.3 Å². The van der Waals surface area contributed by atoms with E-state index in [-0.39, 0.29) is 0 Å². The standard InChI is InChI=1S/C25H29.Ti/c1-3-7-18(8-4-1)20-11-13-22-15-23-14-12-21(17-25(23)24(22)16-20)19-9-5-2-6-10-19;/h11-13,16-19H,1-10,15H2;. The van der Waals surface area contributed by atoms with Crippen LogP contribution in [0.15, 0.2) is 30.3 Å². The van der Waals surface area contributed by atoms with E-state index in [1.54, 1.807) is 33.4 Å². The van der Waals surface area contributed by atoms with Gasteiger partial charge in [0.2, 0.25) is 0 Å². The van der Waals surface area contributed by atoms with Crippen molar-refractivity contribution < 1.29 is 20.4 Å². The van der Waals surface area contributed by atoms with Crippen molar-refractivity contribution in [3.05, 3.63) is 52.6 Å². The zero-order valence-corrected chi connectivity index (χ0v) is 17.4. The minimum absolute atomic E-state index is 0.804. The van der Waals surface area contributed by atoms with Gasteiger partial charge in [0, 0.05) is 0 Å². The molecule has 0 heterocycles. The molecule has 0 aliphatic heterocycles. The fourth-order valence-electron chi connectivity index (χ4n) is 5.68. The Morgan fingerprint density at radius 3 is 1.96 bits per heavy atom. The van der Waals surface area contributed by atoms with Gasteiger partial charge in [-0.05, 0) is 0 Å². The van der Waals surface area contributed by atoms with Gasteiger partial charge in [0.15, 0.2) is 0 Å². The fraction of sp³-hybridized carbons (Fsp3) is 0.520. The summed E-state index contributed by atoms with van der Waals surface area (Å²) in [5.41, 5.74) is 9.51. The van der Waals surface area contributed by atoms with Crippen molar-refractivity contribution in [1.82, 2.24) is 0 Å². The molecule has 5 rings (SSSR count). The number of fused-ring (bicyclic) bond motifs is 3. The second kappa shape index (κ2) is 7.29. The molecule has 1 heteroatoms. The Hall–Kier alpha value is -0.846. The normalized spacial score (nSPS) is 20.7. The summed E-state index contributed by atoms with van der Waals surface area (Å²) >= 11 is 2.35. The average molecular weight is 377 g/mol. The molecule has 2 aromatic carbocycles. The van der Waals surface area contributed by atoms with Gasteiger partial charge in [0.1, 0.15) is 0 Å². The predicted molar refractivity (Wildman–Crippen MR) is 106 cm³/mol. The molecule has 26 heavy (non-hydrogen) atoms. The average Bonchev–Trinajstić information content (AvgIpc) is 3.08. The Kier molecular flexibility index (Phi) is 4.84. The molecule has 3 aliphatic rings. The molecule has 0 bridgehead atoms. The van der Waals surface area contributed by atoms with Crippen LogP contribution in [-0.4, -0.2) is 0 Å². The molecule has 0 spiro atoms. The maximum atomic E-state index is 2.58. The Morgan fingerprint density at radius 2 is 1.27 bits per heavy atom. The van der Waals surface area contributed by atoms with Gasteiger partial charge in [0.25, 0.3) is 0 Å². The van der Waals surface area contributed by atoms with Gasteiger partial charge < -0.3 is 0 Å². The molecule has 0 radical (unpaired) electrons. The van der Waals surface area contributed by atoms with Crippen LogP contribution < -0.4 is 3.87 Å². The Balaban J connectivity index is 1.53. The van der Waals surface area contributed by atoms with Crippen LogP contribution in [0.3, 0.4) is 0 Å². The molecule has 0 N–H and O–H groups in total. The van der Waals surface area contributed by atoms with E-state index in [0.717, 1.165) is 18.3 Å². The van der Waals surface area contributed by atoms with Gasteiger partial charge in [-0.1, -0.05) is 0 Å². The molecule has 133 valence electrons. The van der Waals surface area contributed by atoms with Crippen molar-refractivity contribution in [1.29, 1.82) is 0 Å². The molecule has 2 saturated carbocycles. The second-order valence-corrected chi connectivity index (χ2v) is 9.70. The molecular formula is C25H29Ti. The first-order chi connectivity index (χ1) is 12.8. The maximum absolute atomic E-state index is 2.58. The van der Waals surface area contributed by atoms with Crippen LogP contribution >= 0.6 is 0 Å². The molecule has 0 saturated heterocycles. The number of hydrogen-bond acceptors (Lipinski definition) is 0. The zero-order valence-electron chi connectivity index (χ0n) is 15.8. The van der Waals surface area contributed by atoms with E-state index in [0.29, 0.717) is 0 Å². The third-order valence-corrected chi connectivity index (χ3v) is 7.91. The Bertz CT molecular complexity index is 807. The molecule has 0 aromatic heterocycles. The van der Waals surface area contributed by atoms with Crippen molar-refractivity contribution in [3.63, 3.8) is 0 Å². The summed E-state index contributed by atoms with van der Waals surface area (Å²) in [6.45, 7) is 0. The minimum atomic E-state index is 0.804. The molecular weight excluding hydrogens is 348 g/mol. The van der Waals surface area contributed by atoms with Crippen molar-refractivity contribution in [2.75, 3.05) is 0 Å². The summed E-state index contributed by atoms with van der Waals surface area (Å²) < 4.78 is 1.53. The van der Waals surface area contributed by atoms with Crippen LogP contribution in [0.2, 0.25) is 0 Å². The van der Waals surface area contributed by atoms with Crippen LogP contribution in [0.5, 0.6) is 0 Å². The molecule has 0 atom stereocenters. The monoisotopic (exact) mass is 377 g/mol. The predicted octanol–water partition coefficient (Wildman–Crippen LogP) is 6.53. The van der Waals surface area contributed by atoms with Crippen molar-refractivity contribution in [2.45, 2.75) is 82.5 Å². The molecule has 0 amide bonds. The summed E-state index contributed by atoms with van der Waals surface area (Å²) in [6.07, 6.45) is 15.3. The summed E-state index contributed by atoms with van der Waals surface area (Å²) in [7, 11) is 0. The second-order valence-electron chi connectivity index (χ2n) is 8.86. The van der Waals surface area contributed by atoms with Crippen LogP contribution in [0, 0.1) is 0 Å². The third kappa shape index (κ3) is 3.14. The van der Waals surface area contributed by atoms with E-state index in [2.05, 4.69) is 50.8 Å². The molecule has 0 nitrogen and oxygen atoms in total. The van der Waals surface area contributed by atoms with Crippen molar-refractivity contribution in [2.24, 2.45) is 0 Å². The Morgan fingerprint density at radius 1 is 0.654 bits per heavy atom. The van der Waals surface area contributed by atoms with E-state index in [4.69, 9.17) is 0 Å². The van der Waals surface area contributed by atoms with Crippen molar-refractivity contribution in [3.8, 4) is 11.1 Å². The number of benzene rings is 2. The first kappa shape index (κ1) is 17.3. The van der Waals surface area contributed by atoms with E-state index in [1.807, 2.05) is 0 Å². The summed E-state index contributed by atoms with van der Waals surface area (Å²) in [6, 6.07) is 12.6. The van der Waals surface area contributed by atoms with Crippen LogP contribution in [0.25, 0.3) is 11.1 Å². The van der Waals surface area contributed by atoms with Crippen molar-refractivity contribution >= 4 is 3.87 Å². The Labute approximate surface area is 170 Å². The number of hydrogen-bond donors (Lipinski definition) is 0. The van der Waals surface area contributed by atoms with Gasteiger partial charge in [0.05, 0.1) is 0 Å². The summed E-state index contributed by atoms with van der Waals surface area (Å²) in [4.78, 5) is 0. The van der Waals surface area contributed by atoms with Gasteiger partial charge in [-0.3, -0.25) is 0 Å².